The second kappa shape index (κ2) is 8.39. The van der Waals surface area contributed by atoms with E-state index in [1.54, 1.807) is 12.1 Å². The molecule has 0 atom stereocenters. The molecule has 0 bridgehead atoms. The Kier molecular flexibility index (Phi) is 7.18. The summed E-state index contributed by atoms with van der Waals surface area (Å²) in [5.74, 6) is 0.716. The number of hydrogen-bond acceptors (Lipinski definition) is 3. The van der Waals surface area contributed by atoms with Crippen LogP contribution in [0.2, 0.25) is 0 Å². The molecule has 0 unspecified atom stereocenters. The molecule has 0 saturated heterocycles. The van der Waals surface area contributed by atoms with Crippen molar-refractivity contribution in [3.8, 4) is 0 Å². The molecular weight excluding hydrogens is 284 g/mol. The molecule has 0 aliphatic carbocycles. The number of para-hydroxylation sites is 1. The maximum absolute atomic E-state index is 12.3. The van der Waals surface area contributed by atoms with Gasteiger partial charge in [-0.25, -0.2) is 13.1 Å². The van der Waals surface area contributed by atoms with Crippen molar-refractivity contribution >= 4 is 15.7 Å². The van der Waals surface area contributed by atoms with Crippen LogP contribution in [-0.4, -0.2) is 21.0 Å². The lowest BCUT2D eigenvalue weighted by Gasteiger charge is -2.15. The second-order valence-electron chi connectivity index (χ2n) is 6.09. The standard InChI is InChI=1S/C16H28N2O2S/c1-13(2)9-7-8-12-17-15-10-5-6-11-16(15)21(19,20)18-14(3)4/h5-6,10-11,13-14,17-18H,7-9,12H2,1-4H3. The van der Waals surface area contributed by atoms with Gasteiger partial charge in [-0.2, -0.15) is 0 Å². The van der Waals surface area contributed by atoms with Crippen LogP contribution in [0.1, 0.15) is 47.0 Å². The Morgan fingerprint density at radius 1 is 1.05 bits per heavy atom. The van der Waals surface area contributed by atoms with Crippen LogP contribution in [0.25, 0.3) is 0 Å². The van der Waals surface area contributed by atoms with Crippen LogP contribution in [0.4, 0.5) is 5.69 Å². The number of anilines is 1. The molecule has 0 aromatic heterocycles. The second-order valence-corrected chi connectivity index (χ2v) is 7.77. The van der Waals surface area contributed by atoms with E-state index in [1.165, 1.54) is 6.42 Å². The Labute approximate surface area is 129 Å². The van der Waals surface area contributed by atoms with Gasteiger partial charge in [0.05, 0.1) is 5.69 Å². The number of sulfonamides is 1. The van der Waals surface area contributed by atoms with Crippen molar-refractivity contribution in [1.82, 2.24) is 4.72 Å². The van der Waals surface area contributed by atoms with Gasteiger partial charge in [-0.1, -0.05) is 38.8 Å². The molecule has 1 aromatic rings. The quantitative estimate of drug-likeness (QED) is 0.685. The molecule has 4 nitrogen and oxygen atoms in total. The number of benzene rings is 1. The van der Waals surface area contributed by atoms with Crippen molar-refractivity contribution in [2.45, 2.75) is 57.9 Å². The summed E-state index contributed by atoms with van der Waals surface area (Å²) in [6, 6.07) is 6.94. The number of nitrogens with one attached hydrogen (secondary N) is 2. The van der Waals surface area contributed by atoms with Crippen LogP contribution >= 0.6 is 0 Å². The normalized spacial score (nSPS) is 12.1. The molecule has 21 heavy (non-hydrogen) atoms. The van der Waals surface area contributed by atoms with E-state index in [0.29, 0.717) is 16.5 Å². The smallest absolute Gasteiger partial charge is 0.242 e. The van der Waals surface area contributed by atoms with Crippen molar-refractivity contribution < 1.29 is 8.42 Å². The molecule has 0 aliphatic heterocycles. The fourth-order valence-electron chi connectivity index (χ4n) is 2.12. The minimum atomic E-state index is -3.46. The molecule has 0 saturated carbocycles. The number of rotatable bonds is 9. The van der Waals surface area contributed by atoms with Crippen LogP contribution in [-0.2, 0) is 10.0 Å². The summed E-state index contributed by atoms with van der Waals surface area (Å²) in [5.41, 5.74) is 0.676. The minimum Gasteiger partial charge on any atom is -0.384 e. The molecule has 2 N–H and O–H groups in total. The Bertz CT molecular complexity index is 525. The Hall–Kier alpha value is -1.07. The summed E-state index contributed by atoms with van der Waals surface area (Å²) in [7, 11) is -3.46. The molecule has 0 fully saturated rings. The van der Waals surface area contributed by atoms with Gasteiger partial charge in [-0.3, -0.25) is 0 Å². The zero-order valence-corrected chi connectivity index (χ0v) is 14.3. The minimum absolute atomic E-state index is 0.117. The SMILES string of the molecule is CC(C)CCCCNc1ccccc1S(=O)(=O)NC(C)C. The summed E-state index contributed by atoms with van der Waals surface area (Å²) in [6.45, 7) is 8.86. The first-order valence-corrected chi connectivity index (χ1v) is 9.16. The van der Waals surface area contributed by atoms with E-state index in [2.05, 4.69) is 23.9 Å². The fraction of sp³-hybridized carbons (Fsp3) is 0.625. The van der Waals surface area contributed by atoms with E-state index in [1.807, 2.05) is 26.0 Å². The van der Waals surface area contributed by atoms with Crippen LogP contribution in [0.3, 0.4) is 0 Å². The molecule has 0 heterocycles. The molecule has 0 aliphatic rings. The van der Waals surface area contributed by atoms with Gasteiger partial charge in [0.15, 0.2) is 0 Å². The van der Waals surface area contributed by atoms with E-state index in [4.69, 9.17) is 0 Å². The zero-order valence-electron chi connectivity index (χ0n) is 13.5. The first-order chi connectivity index (χ1) is 9.83. The summed E-state index contributed by atoms with van der Waals surface area (Å²) >= 11 is 0. The monoisotopic (exact) mass is 312 g/mol. The molecule has 1 aromatic carbocycles. The largest absolute Gasteiger partial charge is 0.384 e. The summed E-state index contributed by atoms with van der Waals surface area (Å²) < 4.78 is 27.2. The van der Waals surface area contributed by atoms with Crippen molar-refractivity contribution in [3.63, 3.8) is 0 Å². The molecule has 0 radical (unpaired) electrons. The highest BCUT2D eigenvalue weighted by atomic mass is 32.2. The van der Waals surface area contributed by atoms with Crippen LogP contribution in [0.15, 0.2) is 29.2 Å². The van der Waals surface area contributed by atoms with Gasteiger partial charge < -0.3 is 5.32 Å². The number of unbranched alkanes of at least 4 members (excludes halogenated alkanes) is 1. The highest BCUT2D eigenvalue weighted by Crippen LogP contribution is 2.21. The third-order valence-electron chi connectivity index (χ3n) is 3.09. The first-order valence-electron chi connectivity index (χ1n) is 7.68. The third-order valence-corrected chi connectivity index (χ3v) is 4.81. The lowest BCUT2D eigenvalue weighted by molar-refractivity contribution is 0.544. The van der Waals surface area contributed by atoms with Gasteiger partial charge in [-0.15, -0.1) is 0 Å². The molecule has 1 rings (SSSR count). The molecule has 5 heteroatoms. The van der Waals surface area contributed by atoms with Crippen LogP contribution in [0, 0.1) is 5.92 Å². The molecular formula is C16H28N2O2S. The van der Waals surface area contributed by atoms with Gasteiger partial charge in [0.1, 0.15) is 4.90 Å². The zero-order chi connectivity index (χ0) is 15.9. The molecule has 0 amide bonds. The van der Waals surface area contributed by atoms with Crippen molar-refractivity contribution in [2.24, 2.45) is 5.92 Å². The molecule has 120 valence electrons. The maximum Gasteiger partial charge on any atom is 0.242 e. The van der Waals surface area contributed by atoms with E-state index >= 15 is 0 Å². The summed E-state index contributed by atoms with van der Waals surface area (Å²) in [5, 5.41) is 3.25. The van der Waals surface area contributed by atoms with E-state index in [9.17, 15) is 8.42 Å². The highest BCUT2D eigenvalue weighted by molar-refractivity contribution is 7.89. The van der Waals surface area contributed by atoms with Crippen LogP contribution < -0.4 is 10.0 Å². The van der Waals surface area contributed by atoms with Gasteiger partial charge in [0.2, 0.25) is 10.0 Å². The van der Waals surface area contributed by atoms with E-state index in [0.717, 1.165) is 19.4 Å². The average Bonchev–Trinajstić information content (AvgIpc) is 2.37. The summed E-state index contributed by atoms with van der Waals surface area (Å²) in [4.78, 5) is 0.322. The maximum atomic E-state index is 12.3. The van der Waals surface area contributed by atoms with Crippen molar-refractivity contribution in [3.05, 3.63) is 24.3 Å². The van der Waals surface area contributed by atoms with E-state index in [-0.39, 0.29) is 6.04 Å². The van der Waals surface area contributed by atoms with Gasteiger partial charge in [-0.05, 0) is 38.3 Å². The van der Waals surface area contributed by atoms with Gasteiger partial charge in [0.25, 0.3) is 0 Å². The Morgan fingerprint density at radius 3 is 2.33 bits per heavy atom. The number of hydrogen-bond donors (Lipinski definition) is 2. The summed E-state index contributed by atoms with van der Waals surface area (Å²) in [6.07, 6.45) is 3.41. The molecule has 0 spiro atoms. The average molecular weight is 312 g/mol. The predicted molar refractivity (Wildman–Crippen MR) is 89.1 cm³/mol. The van der Waals surface area contributed by atoms with Crippen molar-refractivity contribution in [2.75, 3.05) is 11.9 Å². The highest BCUT2D eigenvalue weighted by Gasteiger charge is 2.18. The fourth-order valence-corrected chi connectivity index (χ4v) is 3.56. The van der Waals surface area contributed by atoms with Gasteiger partial charge >= 0.3 is 0 Å². The lowest BCUT2D eigenvalue weighted by atomic mass is 10.1. The Balaban J connectivity index is 2.67. The van der Waals surface area contributed by atoms with E-state index < -0.39 is 10.0 Å². The van der Waals surface area contributed by atoms with Crippen molar-refractivity contribution in [1.29, 1.82) is 0 Å². The van der Waals surface area contributed by atoms with Crippen LogP contribution in [0.5, 0.6) is 0 Å². The Morgan fingerprint density at radius 2 is 1.71 bits per heavy atom. The third kappa shape index (κ3) is 6.48. The lowest BCUT2D eigenvalue weighted by Crippen LogP contribution is -2.30. The van der Waals surface area contributed by atoms with Gasteiger partial charge in [0, 0.05) is 12.6 Å². The predicted octanol–water partition coefficient (Wildman–Crippen LogP) is 3.61. The topological polar surface area (TPSA) is 58.2 Å². The first kappa shape index (κ1) is 18.0.